The average Bonchev–Trinajstić information content (AvgIpc) is 1.85. The molecule has 0 atom stereocenters. The van der Waals surface area contributed by atoms with Crippen molar-refractivity contribution in [3.8, 4) is 0 Å². The summed E-state index contributed by atoms with van der Waals surface area (Å²) in [6.07, 6.45) is 2.03. The summed E-state index contributed by atoms with van der Waals surface area (Å²) in [6, 6.07) is 0. The van der Waals surface area contributed by atoms with Gasteiger partial charge in [-0.25, -0.2) is 0 Å². The molecule has 0 aromatic rings. The molecular weight excluding hydrogens is 114 g/mol. The lowest BCUT2D eigenvalue weighted by Crippen LogP contribution is -1.83. The zero-order valence-electron chi connectivity index (χ0n) is 5.67. The van der Waals surface area contributed by atoms with Crippen LogP contribution in [0, 0.1) is 0 Å². The summed E-state index contributed by atoms with van der Waals surface area (Å²) in [4.78, 5) is 2.62. The van der Waals surface area contributed by atoms with Crippen molar-refractivity contribution in [1.29, 1.82) is 0 Å². The second-order valence-corrected chi connectivity index (χ2v) is 1.89. The van der Waals surface area contributed by atoms with Gasteiger partial charge in [0.1, 0.15) is 0 Å². The van der Waals surface area contributed by atoms with Gasteiger partial charge in [-0.1, -0.05) is 30.6 Å². The van der Waals surface area contributed by atoms with Crippen LogP contribution in [0.15, 0.2) is 17.3 Å². The molecule has 9 heavy (non-hydrogen) atoms. The minimum Gasteiger partial charge on any atom is -0.0997 e. The molecule has 0 fully saturated rings. The highest BCUT2D eigenvalue weighted by molar-refractivity contribution is 4.95. The van der Waals surface area contributed by atoms with Crippen LogP contribution in [-0.4, -0.2) is 6.54 Å². The van der Waals surface area contributed by atoms with Gasteiger partial charge in [0.2, 0.25) is 0 Å². The molecule has 0 aliphatic heterocycles. The second-order valence-electron chi connectivity index (χ2n) is 1.89. The van der Waals surface area contributed by atoms with Crippen LogP contribution in [0.3, 0.4) is 0 Å². The SMILES string of the molecule is C=C(CCC)CN=[N+]=[N-]. The van der Waals surface area contributed by atoms with Gasteiger partial charge in [-0.05, 0) is 12.0 Å². The van der Waals surface area contributed by atoms with Crippen molar-refractivity contribution in [1.82, 2.24) is 0 Å². The molecule has 0 aromatic heterocycles. The molecule has 0 saturated carbocycles. The van der Waals surface area contributed by atoms with Crippen LogP contribution in [0.5, 0.6) is 0 Å². The number of nitrogens with zero attached hydrogens (tertiary/aromatic N) is 3. The largest absolute Gasteiger partial charge is 0.0997 e. The first kappa shape index (κ1) is 8.05. The smallest absolute Gasteiger partial charge is 0.0467 e. The van der Waals surface area contributed by atoms with Crippen LogP contribution in [0.25, 0.3) is 10.4 Å². The topological polar surface area (TPSA) is 48.8 Å². The lowest BCUT2D eigenvalue weighted by Gasteiger charge is -1.94. The van der Waals surface area contributed by atoms with E-state index in [1.54, 1.807) is 0 Å². The minimum atomic E-state index is 0.449. The standard InChI is InChI=1S/C6H11N3/c1-3-4-6(2)5-8-9-7/h2-5H2,1H3. The highest BCUT2D eigenvalue weighted by atomic mass is 15.1. The van der Waals surface area contributed by atoms with E-state index >= 15 is 0 Å². The van der Waals surface area contributed by atoms with Crippen LogP contribution in [0.4, 0.5) is 0 Å². The van der Waals surface area contributed by atoms with Gasteiger partial charge in [0.15, 0.2) is 0 Å². The summed E-state index contributed by atoms with van der Waals surface area (Å²) in [5.74, 6) is 0. The molecule has 0 bridgehead atoms. The van der Waals surface area contributed by atoms with E-state index in [0.717, 1.165) is 18.4 Å². The van der Waals surface area contributed by atoms with Crippen molar-refractivity contribution in [2.75, 3.05) is 6.54 Å². The summed E-state index contributed by atoms with van der Waals surface area (Å²) in [5, 5.41) is 3.37. The molecule has 0 aromatic carbocycles. The van der Waals surface area contributed by atoms with Crippen molar-refractivity contribution < 1.29 is 0 Å². The van der Waals surface area contributed by atoms with Gasteiger partial charge < -0.3 is 0 Å². The van der Waals surface area contributed by atoms with Crippen LogP contribution in [0.2, 0.25) is 0 Å². The summed E-state index contributed by atoms with van der Waals surface area (Å²) in [5.41, 5.74) is 8.91. The number of hydrogen-bond acceptors (Lipinski definition) is 1. The molecule has 3 nitrogen and oxygen atoms in total. The van der Waals surface area contributed by atoms with Crippen molar-refractivity contribution in [2.45, 2.75) is 19.8 Å². The van der Waals surface area contributed by atoms with E-state index in [2.05, 4.69) is 23.5 Å². The van der Waals surface area contributed by atoms with E-state index in [1.165, 1.54) is 0 Å². The molecule has 0 saturated heterocycles. The zero-order chi connectivity index (χ0) is 7.11. The Morgan fingerprint density at radius 1 is 1.78 bits per heavy atom. The molecular formula is C6H11N3. The molecule has 0 rings (SSSR count). The van der Waals surface area contributed by atoms with E-state index in [-0.39, 0.29) is 0 Å². The van der Waals surface area contributed by atoms with Crippen molar-refractivity contribution >= 4 is 0 Å². The van der Waals surface area contributed by atoms with Crippen molar-refractivity contribution in [3.63, 3.8) is 0 Å². The molecule has 0 amide bonds. The normalized spacial score (nSPS) is 8.11. The predicted molar refractivity (Wildman–Crippen MR) is 38.1 cm³/mol. The number of rotatable bonds is 4. The van der Waals surface area contributed by atoms with E-state index in [4.69, 9.17) is 5.53 Å². The Morgan fingerprint density at radius 3 is 2.89 bits per heavy atom. The first-order chi connectivity index (χ1) is 4.31. The van der Waals surface area contributed by atoms with E-state index in [9.17, 15) is 0 Å². The summed E-state index contributed by atoms with van der Waals surface area (Å²) < 4.78 is 0. The van der Waals surface area contributed by atoms with E-state index in [0.29, 0.717) is 6.54 Å². The molecule has 0 heterocycles. The molecule has 50 valence electrons. The van der Waals surface area contributed by atoms with Crippen molar-refractivity contribution in [2.24, 2.45) is 5.11 Å². The van der Waals surface area contributed by atoms with Gasteiger partial charge in [0.25, 0.3) is 0 Å². The van der Waals surface area contributed by atoms with Gasteiger partial charge in [-0.15, -0.1) is 0 Å². The third kappa shape index (κ3) is 4.91. The highest BCUT2D eigenvalue weighted by Gasteiger charge is 1.87. The number of azide groups is 1. The first-order valence-corrected chi connectivity index (χ1v) is 2.98. The number of hydrogen-bond donors (Lipinski definition) is 0. The summed E-state index contributed by atoms with van der Waals surface area (Å²) in [7, 11) is 0. The van der Waals surface area contributed by atoms with Gasteiger partial charge in [-0.2, -0.15) is 0 Å². The second kappa shape index (κ2) is 5.19. The molecule has 0 spiro atoms. The zero-order valence-corrected chi connectivity index (χ0v) is 5.67. The Bertz CT molecular complexity index is 133. The van der Waals surface area contributed by atoms with E-state index < -0.39 is 0 Å². The van der Waals surface area contributed by atoms with E-state index in [1.807, 2.05) is 0 Å². The Labute approximate surface area is 55.0 Å². The molecule has 0 aliphatic rings. The fourth-order valence-electron chi connectivity index (χ4n) is 0.564. The minimum absolute atomic E-state index is 0.449. The maximum absolute atomic E-state index is 7.90. The Kier molecular flexibility index (Phi) is 4.64. The monoisotopic (exact) mass is 125 g/mol. The van der Waals surface area contributed by atoms with Crippen LogP contribution in [-0.2, 0) is 0 Å². The summed E-state index contributed by atoms with van der Waals surface area (Å²) >= 11 is 0. The van der Waals surface area contributed by atoms with Crippen LogP contribution < -0.4 is 0 Å². The molecule has 0 aliphatic carbocycles. The van der Waals surface area contributed by atoms with Crippen LogP contribution >= 0.6 is 0 Å². The van der Waals surface area contributed by atoms with Gasteiger partial charge in [-0.3, -0.25) is 0 Å². The Balaban J connectivity index is 3.38. The van der Waals surface area contributed by atoms with Crippen molar-refractivity contribution in [3.05, 3.63) is 22.6 Å². The summed E-state index contributed by atoms with van der Waals surface area (Å²) in [6.45, 7) is 6.24. The fourth-order valence-corrected chi connectivity index (χ4v) is 0.564. The quantitative estimate of drug-likeness (QED) is 0.240. The third-order valence-corrected chi connectivity index (χ3v) is 0.961. The first-order valence-electron chi connectivity index (χ1n) is 2.98. The van der Waals surface area contributed by atoms with Gasteiger partial charge in [0.05, 0.1) is 0 Å². The average molecular weight is 125 g/mol. The highest BCUT2D eigenvalue weighted by Crippen LogP contribution is 2.00. The van der Waals surface area contributed by atoms with Gasteiger partial charge in [0, 0.05) is 11.5 Å². The lowest BCUT2D eigenvalue weighted by atomic mass is 10.2. The predicted octanol–water partition coefficient (Wildman–Crippen LogP) is 2.65. The maximum Gasteiger partial charge on any atom is 0.0467 e. The lowest BCUT2D eigenvalue weighted by molar-refractivity contribution is 0.876. The molecule has 0 unspecified atom stereocenters. The van der Waals surface area contributed by atoms with Gasteiger partial charge >= 0.3 is 0 Å². The Morgan fingerprint density at radius 2 is 2.44 bits per heavy atom. The maximum atomic E-state index is 7.90. The fraction of sp³-hybridized carbons (Fsp3) is 0.667. The third-order valence-electron chi connectivity index (χ3n) is 0.961. The molecule has 0 N–H and O–H groups in total. The molecule has 3 heteroatoms. The van der Waals surface area contributed by atoms with Crippen LogP contribution in [0.1, 0.15) is 19.8 Å². The molecule has 0 radical (unpaired) electrons. The Hall–Kier alpha value is -0.950.